The zero-order chi connectivity index (χ0) is 29.0. The fourth-order valence-corrected chi connectivity index (χ4v) is 4.74. The molecule has 0 spiro atoms. The predicted octanol–water partition coefficient (Wildman–Crippen LogP) is 4.71. The summed E-state index contributed by atoms with van der Waals surface area (Å²) in [7, 11) is 4.76. The van der Waals surface area contributed by atoms with Crippen molar-refractivity contribution in [3.63, 3.8) is 0 Å². The van der Waals surface area contributed by atoms with Crippen LogP contribution in [0.25, 0.3) is 10.6 Å². The molecule has 0 unspecified atom stereocenters. The number of nitrogens with zero attached hydrogens (tertiary/aromatic N) is 3. The first-order valence-electron chi connectivity index (χ1n) is 12.9. The van der Waals surface area contributed by atoms with E-state index in [-0.39, 0.29) is 31.4 Å². The smallest absolute Gasteiger partial charge is 0.260 e. The largest absolute Gasteiger partial charge is 0.497 e. The molecule has 1 aromatic heterocycles. The molecule has 0 aliphatic heterocycles. The highest BCUT2D eigenvalue weighted by Crippen LogP contribution is 2.29. The van der Waals surface area contributed by atoms with Crippen molar-refractivity contribution in [2.24, 2.45) is 0 Å². The van der Waals surface area contributed by atoms with Crippen molar-refractivity contribution in [1.82, 2.24) is 15.1 Å². The zero-order valence-corrected chi connectivity index (χ0v) is 24.0. The highest BCUT2D eigenvalue weighted by Gasteiger charge is 2.18. The number of aromatic nitrogens is 2. The number of methoxy groups -OCH3 is 3. The Labute approximate surface area is 242 Å². The first-order chi connectivity index (χ1) is 20.0. The van der Waals surface area contributed by atoms with Crippen molar-refractivity contribution >= 4 is 28.3 Å². The number of carbonyl (C=O) groups excluding carboxylic acids is 2. The topological polar surface area (TPSA) is 112 Å². The number of rotatable bonds is 14. The maximum atomic E-state index is 13.1. The molecule has 0 radical (unpaired) electrons. The van der Waals surface area contributed by atoms with E-state index in [2.05, 4.69) is 15.5 Å². The van der Waals surface area contributed by atoms with E-state index >= 15 is 0 Å². The second-order valence-corrected chi connectivity index (χ2v) is 9.84. The van der Waals surface area contributed by atoms with Crippen LogP contribution in [0.3, 0.4) is 0 Å². The number of ether oxygens (including phenoxy) is 4. The molecule has 0 atom stereocenters. The molecule has 2 amide bonds. The van der Waals surface area contributed by atoms with Crippen LogP contribution in [-0.2, 0) is 16.0 Å². The molecule has 0 saturated carbocycles. The summed E-state index contributed by atoms with van der Waals surface area (Å²) in [5, 5.41) is 12.1. The molecule has 0 saturated heterocycles. The molecule has 0 aliphatic carbocycles. The van der Waals surface area contributed by atoms with Crippen LogP contribution in [0.5, 0.6) is 23.0 Å². The number of benzene rings is 3. The van der Waals surface area contributed by atoms with Crippen LogP contribution in [-0.4, -0.2) is 67.9 Å². The Morgan fingerprint density at radius 3 is 2.37 bits per heavy atom. The number of para-hydroxylation sites is 1. The standard InChI is InChI=1S/C30H32N4O6S/c1-37-24-11-7-8-22(19-24)29-32-33-30(41-29)31-27(35)15-17-34(28(36)20-40-23-9-5-4-6-10-23)16-14-21-12-13-25(38-2)26(18-21)39-3/h4-13,18-19H,14-17,20H2,1-3H3,(H,31,33,35). The number of amides is 2. The minimum Gasteiger partial charge on any atom is -0.497 e. The number of anilines is 1. The van der Waals surface area contributed by atoms with Gasteiger partial charge in [0.05, 0.1) is 21.3 Å². The van der Waals surface area contributed by atoms with E-state index in [4.69, 9.17) is 18.9 Å². The highest BCUT2D eigenvalue weighted by atomic mass is 32.1. The minimum absolute atomic E-state index is 0.0804. The number of carbonyl (C=O) groups is 2. The summed E-state index contributed by atoms with van der Waals surface area (Å²) in [6.45, 7) is 0.452. The van der Waals surface area contributed by atoms with Gasteiger partial charge in [0.15, 0.2) is 18.1 Å². The maximum Gasteiger partial charge on any atom is 0.260 e. The first kappa shape index (κ1) is 29.3. The molecule has 0 fully saturated rings. The van der Waals surface area contributed by atoms with E-state index in [0.717, 1.165) is 11.1 Å². The van der Waals surface area contributed by atoms with Gasteiger partial charge in [0.25, 0.3) is 5.91 Å². The zero-order valence-electron chi connectivity index (χ0n) is 23.2. The van der Waals surface area contributed by atoms with Crippen molar-refractivity contribution in [2.45, 2.75) is 12.8 Å². The normalized spacial score (nSPS) is 10.5. The summed E-state index contributed by atoms with van der Waals surface area (Å²) in [6.07, 6.45) is 0.635. The predicted molar refractivity (Wildman–Crippen MR) is 157 cm³/mol. The molecular formula is C30H32N4O6S. The Morgan fingerprint density at radius 1 is 0.829 bits per heavy atom. The minimum atomic E-state index is -0.272. The average Bonchev–Trinajstić information content (AvgIpc) is 3.48. The molecule has 4 rings (SSSR count). The van der Waals surface area contributed by atoms with Gasteiger partial charge in [-0.15, -0.1) is 10.2 Å². The van der Waals surface area contributed by atoms with Gasteiger partial charge in [0.1, 0.15) is 16.5 Å². The van der Waals surface area contributed by atoms with Gasteiger partial charge in [-0.05, 0) is 48.4 Å². The molecule has 41 heavy (non-hydrogen) atoms. The quantitative estimate of drug-likeness (QED) is 0.230. The molecular weight excluding hydrogens is 544 g/mol. The third kappa shape index (κ3) is 8.42. The van der Waals surface area contributed by atoms with Crippen LogP contribution in [0.2, 0.25) is 0 Å². The molecule has 10 nitrogen and oxygen atoms in total. The lowest BCUT2D eigenvalue weighted by atomic mass is 10.1. The fraction of sp³-hybridized carbons (Fsp3) is 0.267. The molecule has 1 heterocycles. The van der Waals surface area contributed by atoms with Crippen molar-refractivity contribution < 1.29 is 28.5 Å². The van der Waals surface area contributed by atoms with Crippen molar-refractivity contribution in [3.05, 3.63) is 78.4 Å². The van der Waals surface area contributed by atoms with Gasteiger partial charge in [-0.1, -0.05) is 47.7 Å². The molecule has 0 bridgehead atoms. The van der Waals surface area contributed by atoms with Crippen LogP contribution in [0.1, 0.15) is 12.0 Å². The van der Waals surface area contributed by atoms with E-state index in [1.54, 1.807) is 38.4 Å². The summed E-state index contributed by atoms with van der Waals surface area (Å²) < 4.78 is 21.7. The second-order valence-electron chi connectivity index (χ2n) is 8.86. The van der Waals surface area contributed by atoms with Gasteiger partial charge in [0.2, 0.25) is 11.0 Å². The van der Waals surface area contributed by atoms with Crippen LogP contribution in [0.4, 0.5) is 5.13 Å². The Bertz CT molecular complexity index is 1450. The number of hydrogen-bond donors (Lipinski definition) is 1. The highest BCUT2D eigenvalue weighted by molar-refractivity contribution is 7.18. The van der Waals surface area contributed by atoms with Crippen molar-refractivity contribution in [1.29, 1.82) is 0 Å². The van der Waals surface area contributed by atoms with Gasteiger partial charge in [-0.3, -0.25) is 9.59 Å². The third-order valence-electron chi connectivity index (χ3n) is 6.17. The molecule has 1 N–H and O–H groups in total. The van der Waals surface area contributed by atoms with E-state index in [0.29, 0.717) is 46.1 Å². The van der Waals surface area contributed by atoms with Gasteiger partial charge >= 0.3 is 0 Å². The van der Waals surface area contributed by atoms with Gasteiger partial charge in [-0.2, -0.15) is 0 Å². The van der Waals surface area contributed by atoms with Crippen molar-refractivity contribution in [2.75, 3.05) is 46.3 Å². The Kier molecular flexibility index (Phi) is 10.5. The SMILES string of the molecule is COc1cccc(-c2nnc(NC(=O)CCN(CCc3ccc(OC)c(OC)c3)C(=O)COc3ccccc3)s2)c1. The lowest BCUT2D eigenvalue weighted by Crippen LogP contribution is -2.38. The lowest BCUT2D eigenvalue weighted by molar-refractivity contribution is -0.133. The molecule has 214 valence electrons. The lowest BCUT2D eigenvalue weighted by Gasteiger charge is -2.23. The molecule has 3 aromatic carbocycles. The van der Waals surface area contributed by atoms with Crippen LogP contribution < -0.4 is 24.3 Å². The fourth-order valence-electron chi connectivity index (χ4n) is 3.98. The number of hydrogen-bond acceptors (Lipinski definition) is 9. The summed E-state index contributed by atoms with van der Waals surface area (Å²) in [5.74, 6) is 2.05. The third-order valence-corrected chi connectivity index (χ3v) is 7.06. The van der Waals surface area contributed by atoms with E-state index < -0.39 is 0 Å². The van der Waals surface area contributed by atoms with Crippen LogP contribution in [0, 0.1) is 0 Å². The Hall–Kier alpha value is -4.64. The van der Waals surface area contributed by atoms with E-state index in [1.807, 2.05) is 60.7 Å². The average molecular weight is 577 g/mol. The number of nitrogens with one attached hydrogen (secondary N) is 1. The monoisotopic (exact) mass is 576 g/mol. The summed E-state index contributed by atoms with van der Waals surface area (Å²) >= 11 is 1.26. The Balaban J connectivity index is 1.38. The molecule has 0 aliphatic rings. The van der Waals surface area contributed by atoms with E-state index in [9.17, 15) is 9.59 Å². The Morgan fingerprint density at radius 2 is 1.61 bits per heavy atom. The van der Waals surface area contributed by atoms with Crippen LogP contribution in [0.15, 0.2) is 72.8 Å². The van der Waals surface area contributed by atoms with Crippen LogP contribution >= 0.6 is 11.3 Å². The first-order valence-corrected chi connectivity index (χ1v) is 13.7. The summed E-state index contributed by atoms with van der Waals surface area (Å²) in [4.78, 5) is 27.6. The summed E-state index contributed by atoms with van der Waals surface area (Å²) in [6, 6.07) is 22.2. The van der Waals surface area contributed by atoms with Gasteiger partial charge in [-0.25, -0.2) is 0 Å². The second kappa shape index (κ2) is 14.7. The summed E-state index contributed by atoms with van der Waals surface area (Å²) in [5.41, 5.74) is 1.81. The molecule has 11 heteroatoms. The van der Waals surface area contributed by atoms with Gasteiger partial charge in [0, 0.05) is 25.1 Å². The maximum absolute atomic E-state index is 13.1. The molecule has 4 aromatic rings. The van der Waals surface area contributed by atoms with Crippen molar-refractivity contribution in [3.8, 4) is 33.6 Å². The van der Waals surface area contributed by atoms with E-state index in [1.165, 1.54) is 11.3 Å². The van der Waals surface area contributed by atoms with Gasteiger partial charge < -0.3 is 29.2 Å².